The van der Waals surface area contributed by atoms with Crippen LogP contribution in [0.5, 0.6) is 5.75 Å². The lowest BCUT2D eigenvalue weighted by atomic mass is 9.88. The van der Waals surface area contributed by atoms with E-state index in [1.54, 1.807) is 12.1 Å². The van der Waals surface area contributed by atoms with Gasteiger partial charge < -0.3 is 35.1 Å². The number of carbonyl (C=O) groups is 2. The van der Waals surface area contributed by atoms with Crippen LogP contribution in [0.25, 0.3) is 10.9 Å². The Bertz CT molecular complexity index is 1560. The lowest BCUT2D eigenvalue weighted by molar-refractivity contribution is -0.274. The number of halogens is 5. The van der Waals surface area contributed by atoms with Gasteiger partial charge in [0.15, 0.2) is 0 Å². The second kappa shape index (κ2) is 15.4. The molecule has 0 spiro atoms. The Kier molecular flexibility index (Phi) is 11.8. The quantitative estimate of drug-likeness (QED) is 0.160. The molecule has 258 valence electrons. The molecule has 15 heteroatoms. The third-order valence-corrected chi connectivity index (χ3v) is 8.24. The minimum atomic E-state index is -5.07. The summed E-state index contributed by atoms with van der Waals surface area (Å²) in [6, 6.07) is 5.57. The van der Waals surface area contributed by atoms with Gasteiger partial charge in [0.2, 0.25) is 5.91 Å². The van der Waals surface area contributed by atoms with Crippen LogP contribution in [0.4, 0.5) is 22.0 Å². The zero-order valence-corrected chi connectivity index (χ0v) is 26.4. The number of ether oxygens (including phenoxy) is 2. The number of likely N-dealkylation sites (tertiary alicyclic amines) is 1. The average molecular weight is 670 g/mol. The maximum absolute atomic E-state index is 15.0. The first-order valence-corrected chi connectivity index (χ1v) is 15.3. The van der Waals surface area contributed by atoms with E-state index in [1.165, 1.54) is 28.8 Å². The SMILES string of the molecule is COCCn1cc(C(=O)N2CCC(c3cc(CNC(O)CNC(=O)[C@@H](N)C(C)C)ccc3F)CC2)c2c(OC(F)(F)F)ccc(F)c21. The van der Waals surface area contributed by atoms with Gasteiger partial charge in [0, 0.05) is 39.5 Å². The van der Waals surface area contributed by atoms with Crippen LogP contribution in [0.2, 0.25) is 0 Å². The van der Waals surface area contributed by atoms with Crippen molar-refractivity contribution >= 4 is 22.7 Å². The van der Waals surface area contributed by atoms with Crippen LogP contribution in [0.15, 0.2) is 36.5 Å². The molecule has 2 aromatic carbocycles. The number of aromatic nitrogens is 1. The van der Waals surface area contributed by atoms with E-state index in [0.717, 1.165) is 12.1 Å². The normalized spacial score (nSPS) is 15.7. The second-order valence-electron chi connectivity index (χ2n) is 11.9. The Morgan fingerprint density at radius 2 is 1.79 bits per heavy atom. The smallest absolute Gasteiger partial charge is 0.405 e. The zero-order valence-electron chi connectivity index (χ0n) is 26.4. The number of carbonyl (C=O) groups excluding carboxylic acids is 2. The van der Waals surface area contributed by atoms with Crippen LogP contribution >= 0.6 is 0 Å². The standard InChI is InChI=1S/C32H40F5N5O5/c1-18(2)28(38)30(44)40-16-26(43)39-15-19-4-5-23(33)21(14-19)20-8-10-41(11-9-20)31(45)22-17-42(12-13-46-3)29-24(34)6-7-25(27(22)29)47-32(35,36)37/h4-7,14,17-18,20,26,28,39,43H,8-13,15-16,38H2,1-3H3,(H,40,44)/t26?,28-/m0/s1. The number of nitrogens with two attached hydrogens (primary N) is 1. The van der Waals surface area contributed by atoms with Gasteiger partial charge in [-0.05, 0) is 54.0 Å². The minimum absolute atomic E-state index is 0.0639. The summed E-state index contributed by atoms with van der Waals surface area (Å²) in [7, 11) is 1.42. The summed E-state index contributed by atoms with van der Waals surface area (Å²) in [6.07, 6.45) is -4.10. The van der Waals surface area contributed by atoms with E-state index in [2.05, 4.69) is 15.4 Å². The number of aliphatic hydroxyl groups excluding tert-OH is 1. The van der Waals surface area contributed by atoms with E-state index in [-0.39, 0.29) is 73.5 Å². The first kappa shape index (κ1) is 36.1. The van der Waals surface area contributed by atoms with E-state index < -0.39 is 41.9 Å². The number of hydrogen-bond acceptors (Lipinski definition) is 7. The fourth-order valence-electron chi connectivity index (χ4n) is 5.62. The highest BCUT2D eigenvalue weighted by Crippen LogP contribution is 2.38. The monoisotopic (exact) mass is 669 g/mol. The number of nitrogens with zero attached hydrogens (tertiary/aromatic N) is 2. The Hall–Kier alpha value is -3.79. The van der Waals surface area contributed by atoms with Crippen molar-refractivity contribution in [1.29, 1.82) is 0 Å². The highest BCUT2D eigenvalue weighted by molar-refractivity contribution is 6.09. The highest BCUT2D eigenvalue weighted by Gasteiger charge is 2.35. The molecular weight excluding hydrogens is 629 g/mol. The first-order valence-electron chi connectivity index (χ1n) is 15.3. The molecule has 1 aliphatic heterocycles. The Morgan fingerprint density at radius 1 is 1.11 bits per heavy atom. The highest BCUT2D eigenvalue weighted by atomic mass is 19.4. The molecule has 3 aromatic rings. The van der Waals surface area contributed by atoms with Gasteiger partial charge in [-0.2, -0.15) is 0 Å². The molecule has 0 saturated carbocycles. The molecule has 0 aliphatic carbocycles. The topological polar surface area (TPSA) is 131 Å². The van der Waals surface area contributed by atoms with E-state index in [1.807, 2.05) is 13.8 Å². The number of rotatable bonds is 13. The number of hydrogen-bond donors (Lipinski definition) is 4. The molecule has 5 N–H and O–H groups in total. The van der Waals surface area contributed by atoms with Gasteiger partial charge >= 0.3 is 6.36 Å². The molecule has 1 unspecified atom stereocenters. The Labute approximate surface area is 269 Å². The fourth-order valence-corrected chi connectivity index (χ4v) is 5.62. The molecule has 2 heterocycles. The average Bonchev–Trinajstić information content (AvgIpc) is 3.43. The largest absolute Gasteiger partial charge is 0.573 e. The number of fused-ring (bicyclic) bond motifs is 1. The lowest BCUT2D eigenvalue weighted by Gasteiger charge is -2.32. The minimum Gasteiger partial charge on any atom is -0.405 e. The van der Waals surface area contributed by atoms with E-state index in [9.17, 15) is 36.6 Å². The third-order valence-electron chi connectivity index (χ3n) is 8.24. The number of alkyl halides is 3. The summed E-state index contributed by atoms with van der Waals surface area (Å²) >= 11 is 0. The molecule has 1 fully saturated rings. The van der Waals surface area contributed by atoms with E-state index >= 15 is 0 Å². The van der Waals surface area contributed by atoms with Crippen LogP contribution in [-0.2, 0) is 22.6 Å². The number of nitrogens with one attached hydrogen (secondary N) is 2. The van der Waals surface area contributed by atoms with Gasteiger partial charge in [0.05, 0.1) is 35.7 Å². The van der Waals surface area contributed by atoms with Crippen molar-refractivity contribution in [3.8, 4) is 5.75 Å². The molecule has 0 bridgehead atoms. The summed E-state index contributed by atoms with van der Waals surface area (Å²) < 4.78 is 80.1. The first-order chi connectivity index (χ1) is 22.2. The van der Waals surface area contributed by atoms with Gasteiger partial charge in [-0.25, -0.2) is 8.78 Å². The van der Waals surface area contributed by atoms with Crippen LogP contribution in [0, 0.1) is 17.6 Å². The second-order valence-corrected chi connectivity index (χ2v) is 11.9. The van der Waals surface area contributed by atoms with Crippen molar-refractivity contribution in [1.82, 2.24) is 20.1 Å². The predicted octanol–water partition coefficient (Wildman–Crippen LogP) is 3.99. The molecule has 1 saturated heterocycles. The van der Waals surface area contributed by atoms with Crippen LogP contribution < -0.4 is 21.1 Å². The number of amides is 2. The van der Waals surface area contributed by atoms with Crippen molar-refractivity contribution < 1.29 is 46.1 Å². The van der Waals surface area contributed by atoms with Gasteiger partial charge in [-0.1, -0.05) is 26.0 Å². The molecule has 1 aliphatic rings. The van der Waals surface area contributed by atoms with Crippen molar-refractivity contribution in [2.24, 2.45) is 11.7 Å². The summed E-state index contributed by atoms with van der Waals surface area (Å²) in [4.78, 5) is 27.2. The molecule has 47 heavy (non-hydrogen) atoms. The van der Waals surface area contributed by atoms with Crippen LogP contribution in [0.3, 0.4) is 0 Å². The van der Waals surface area contributed by atoms with Crippen LogP contribution in [0.1, 0.15) is 54.1 Å². The summed E-state index contributed by atoms with van der Waals surface area (Å²) in [5.41, 5.74) is 6.57. The summed E-state index contributed by atoms with van der Waals surface area (Å²) in [5, 5.41) is 15.4. The van der Waals surface area contributed by atoms with Crippen molar-refractivity contribution in [3.63, 3.8) is 0 Å². The Morgan fingerprint density at radius 3 is 2.43 bits per heavy atom. The zero-order chi connectivity index (χ0) is 34.5. The molecule has 1 aromatic heterocycles. The molecule has 2 atom stereocenters. The number of piperidine rings is 1. The maximum atomic E-state index is 15.0. The van der Waals surface area contributed by atoms with Crippen molar-refractivity contribution in [2.45, 2.75) is 64.3 Å². The lowest BCUT2D eigenvalue weighted by Crippen LogP contribution is -2.48. The van der Waals surface area contributed by atoms with Gasteiger partial charge in [-0.15, -0.1) is 13.2 Å². The summed E-state index contributed by atoms with van der Waals surface area (Å²) in [5.74, 6) is -3.25. The van der Waals surface area contributed by atoms with Gasteiger partial charge in [0.25, 0.3) is 5.91 Å². The molecule has 4 rings (SSSR count). The fraction of sp³-hybridized carbons (Fsp3) is 0.500. The predicted molar refractivity (Wildman–Crippen MR) is 163 cm³/mol. The third kappa shape index (κ3) is 8.97. The Balaban J connectivity index is 1.45. The van der Waals surface area contributed by atoms with Gasteiger partial charge in [0.1, 0.15) is 23.6 Å². The number of benzene rings is 2. The number of methoxy groups -OCH3 is 1. The molecular formula is C32H40F5N5O5. The van der Waals surface area contributed by atoms with E-state index in [0.29, 0.717) is 24.0 Å². The van der Waals surface area contributed by atoms with Crippen LogP contribution in [-0.4, -0.2) is 78.4 Å². The van der Waals surface area contributed by atoms with E-state index in [4.69, 9.17) is 10.5 Å². The van der Waals surface area contributed by atoms with Crippen molar-refractivity contribution in [2.75, 3.05) is 33.4 Å². The molecule has 10 nitrogen and oxygen atoms in total. The summed E-state index contributed by atoms with van der Waals surface area (Å²) in [6.45, 7) is 4.30. The molecule has 0 radical (unpaired) electrons. The number of aliphatic hydroxyl groups is 1. The van der Waals surface area contributed by atoms with Crippen molar-refractivity contribution in [3.05, 3.63) is 64.9 Å². The van der Waals surface area contributed by atoms with Gasteiger partial charge in [-0.3, -0.25) is 14.9 Å². The maximum Gasteiger partial charge on any atom is 0.573 e. The molecule has 2 amide bonds.